The molecule has 1 aromatic carbocycles. The molecule has 8 heteroatoms. The van der Waals surface area contributed by atoms with E-state index in [1.165, 1.54) is 19.1 Å². The van der Waals surface area contributed by atoms with Gasteiger partial charge in [0.1, 0.15) is 29.3 Å². The first-order chi connectivity index (χ1) is 11.9. The van der Waals surface area contributed by atoms with E-state index in [9.17, 15) is 18.8 Å². The zero-order chi connectivity index (χ0) is 18.4. The Hall–Kier alpha value is -3.16. The van der Waals surface area contributed by atoms with Crippen molar-refractivity contribution in [2.45, 2.75) is 20.4 Å². The van der Waals surface area contributed by atoms with Gasteiger partial charge in [-0.05, 0) is 31.0 Å². The summed E-state index contributed by atoms with van der Waals surface area (Å²) in [5.74, 6) is -1.58. The van der Waals surface area contributed by atoms with Gasteiger partial charge in [0.25, 0.3) is 11.8 Å². The molecule has 1 heterocycles. The molecule has 0 spiro atoms. The summed E-state index contributed by atoms with van der Waals surface area (Å²) in [6.45, 7) is 3.05. The average Bonchev–Trinajstić information content (AvgIpc) is 2.60. The Morgan fingerprint density at radius 3 is 2.28 bits per heavy atom. The topological polar surface area (TPSA) is 101 Å². The SMILES string of the molecule is CC(=O)CNC(=O)c1cc(C(=O)NCc2ccc(F)c(C)c2)ncn1. The molecule has 2 aromatic rings. The average molecular weight is 344 g/mol. The number of hydrogen-bond acceptors (Lipinski definition) is 5. The molecule has 0 atom stereocenters. The van der Waals surface area contributed by atoms with Gasteiger partial charge in [-0.3, -0.25) is 14.4 Å². The van der Waals surface area contributed by atoms with Crippen molar-refractivity contribution in [3.05, 3.63) is 58.9 Å². The van der Waals surface area contributed by atoms with Gasteiger partial charge in [-0.15, -0.1) is 0 Å². The molecule has 2 N–H and O–H groups in total. The third kappa shape index (κ3) is 5.17. The Morgan fingerprint density at radius 2 is 1.68 bits per heavy atom. The van der Waals surface area contributed by atoms with Crippen LogP contribution in [0.2, 0.25) is 0 Å². The van der Waals surface area contributed by atoms with Crippen molar-refractivity contribution in [3.63, 3.8) is 0 Å². The van der Waals surface area contributed by atoms with Crippen LogP contribution in [0.5, 0.6) is 0 Å². The molecule has 0 fully saturated rings. The lowest BCUT2D eigenvalue weighted by molar-refractivity contribution is -0.116. The standard InChI is InChI=1S/C17H17FN4O3/c1-10-5-12(3-4-13(10)18)8-20-17(25)15-6-14(21-9-22-15)16(24)19-7-11(2)23/h3-6,9H,7-8H2,1-2H3,(H,19,24)(H,20,25). The van der Waals surface area contributed by atoms with Crippen molar-refractivity contribution >= 4 is 17.6 Å². The Bertz CT molecular complexity index is 823. The van der Waals surface area contributed by atoms with Gasteiger partial charge in [0, 0.05) is 12.6 Å². The molecule has 25 heavy (non-hydrogen) atoms. The van der Waals surface area contributed by atoms with Gasteiger partial charge in [-0.2, -0.15) is 0 Å². The number of benzene rings is 1. The van der Waals surface area contributed by atoms with Gasteiger partial charge in [-0.1, -0.05) is 12.1 Å². The Balaban J connectivity index is 2.01. The molecular formula is C17H17FN4O3. The van der Waals surface area contributed by atoms with Crippen molar-refractivity contribution in [1.82, 2.24) is 20.6 Å². The van der Waals surface area contributed by atoms with E-state index in [0.29, 0.717) is 5.56 Å². The van der Waals surface area contributed by atoms with Gasteiger partial charge < -0.3 is 10.6 Å². The number of hydrogen-bond donors (Lipinski definition) is 2. The van der Waals surface area contributed by atoms with E-state index in [1.807, 2.05) is 0 Å². The van der Waals surface area contributed by atoms with Crippen molar-refractivity contribution < 1.29 is 18.8 Å². The summed E-state index contributed by atoms with van der Waals surface area (Å²) in [5.41, 5.74) is 1.22. The van der Waals surface area contributed by atoms with Crippen LogP contribution in [0.25, 0.3) is 0 Å². The van der Waals surface area contributed by atoms with Crippen molar-refractivity contribution in [2.75, 3.05) is 6.54 Å². The van der Waals surface area contributed by atoms with E-state index in [4.69, 9.17) is 0 Å². The van der Waals surface area contributed by atoms with E-state index in [2.05, 4.69) is 20.6 Å². The van der Waals surface area contributed by atoms with Crippen molar-refractivity contribution in [2.24, 2.45) is 0 Å². The molecule has 2 amide bonds. The number of aromatic nitrogens is 2. The van der Waals surface area contributed by atoms with Crippen LogP contribution in [-0.2, 0) is 11.3 Å². The minimum atomic E-state index is -0.569. The van der Waals surface area contributed by atoms with Crippen LogP contribution in [0, 0.1) is 12.7 Å². The molecule has 1 aromatic heterocycles. The first-order valence-electron chi connectivity index (χ1n) is 7.49. The lowest BCUT2D eigenvalue weighted by Gasteiger charge is -2.07. The maximum absolute atomic E-state index is 13.2. The number of ketones is 1. The number of nitrogens with one attached hydrogen (secondary N) is 2. The Labute approximate surface area is 143 Å². The highest BCUT2D eigenvalue weighted by Crippen LogP contribution is 2.09. The summed E-state index contributed by atoms with van der Waals surface area (Å²) in [7, 11) is 0. The van der Waals surface area contributed by atoms with E-state index in [0.717, 1.165) is 11.9 Å². The van der Waals surface area contributed by atoms with Crippen molar-refractivity contribution in [1.29, 1.82) is 0 Å². The van der Waals surface area contributed by atoms with Gasteiger partial charge in [0.05, 0.1) is 6.54 Å². The molecular weight excluding hydrogens is 327 g/mol. The van der Waals surface area contributed by atoms with Crippen LogP contribution in [0.4, 0.5) is 4.39 Å². The molecule has 7 nitrogen and oxygen atoms in total. The summed E-state index contributed by atoms with van der Waals surface area (Å²) in [6, 6.07) is 5.78. The Morgan fingerprint density at radius 1 is 1.04 bits per heavy atom. The predicted octanol–water partition coefficient (Wildman–Crippen LogP) is 1.17. The lowest BCUT2D eigenvalue weighted by atomic mass is 10.1. The fraction of sp³-hybridized carbons (Fsp3) is 0.235. The minimum absolute atomic E-state index is 0.0148. The molecule has 0 aliphatic rings. The van der Waals surface area contributed by atoms with E-state index in [-0.39, 0.29) is 36.1 Å². The quantitative estimate of drug-likeness (QED) is 0.819. The molecule has 0 radical (unpaired) electrons. The van der Waals surface area contributed by atoms with Gasteiger partial charge in [0.2, 0.25) is 0 Å². The maximum Gasteiger partial charge on any atom is 0.270 e. The number of nitrogens with zero attached hydrogens (tertiary/aromatic N) is 2. The number of rotatable bonds is 6. The predicted molar refractivity (Wildman–Crippen MR) is 87.4 cm³/mol. The molecule has 130 valence electrons. The summed E-state index contributed by atoms with van der Waals surface area (Å²) in [6.07, 6.45) is 1.10. The third-order valence-electron chi connectivity index (χ3n) is 3.31. The molecule has 0 saturated heterocycles. The molecule has 0 aliphatic carbocycles. The summed E-state index contributed by atoms with van der Waals surface area (Å²) in [4.78, 5) is 42.5. The fourth-order valence-electron chi connectivity index (χ4n) is 1.99. The largest absolute Gasteiger partial charge is 0.347 e. The van der Waals surface area contributed by atoms with E-state index < -0.39 is 11.8 Å². The number of carbonyl (C=O) groups excluding carboxylic acids is 3. The maximum atomic E-state index is 13.2. The van der Waals surface area contributed by atoms with Gasteiger partial charge in [0.15, 0.2) is 0 Å². The van der Waals surface area contributed by atoms with Crippen LogP contribution in [0.3, 0.4) is 0 Å². The first kappa shape index (κ1) is 18.2. The Kier molecular flexibility index (Phi) is 5.89. The third-order valence-corrected chi connectivity index (χ3v) is 3.31. The van der Waals surface area contributed by atoms with Crippen LogP contribution in [-0.4, -0.2) is 34.1 Å². The molecule has 0 saturated carbocycles. The number of aryl methyl sites for hydroxylation is 1. The van der Waals surface area contributed by atoms with E-state index >= 15 is 0 Å². The number of carbonyl (C=O) groups is 3. The number of Topliss-reactive ketones (excluding diaryl/α,β-unsaturated/α-hetero) is 1. The smallest absolute Gasteiger partial charge is 0.270 e. The monoisotopic (exact) mass is 344 g/mol. The summed E-state index contributed by atoms with van der Waals surface area (Å²) < 4.78 is 13.2. The molecule has 0 unspecified atom stereocenters. The van der Waals surface area contributed by atoms with Crippen LogP contribution < -0.4 is 10.6 Å². The highest BCUT2D eigenvalue weighted by molar-refractivity contribution is 5.98. The molecule has 0 aliphatic heterocycles. The second kappa shape index (κ2) is 8.09. The van der Waals surface area contributed by atoms with Crippen LogP contribution in [0.15, 0.2) is 30.6 Å². The van der Waals surface area contributed by atoms with Gasteiger partial charge in [-0.25, -0.2) is 14.4 Å². The molecule has 0 bridgehead atoms. The fourth-order valence-corrected chi connectivity index (χ4v) is 1.99. The second-order valence-electron chi connectivity index (χ2n) is 5.44. The molecule has 2 rings (SSSR count). The zero-order valence-electron chi connectivity index (χ0n) is 13.8. The normalized spacial score (nSPS) is 10.2. The zero-order valence-corrected chi connectivity index (χ0v) is 13.8. The summed E-state index contributed by atoms with van der Waals surface area (Å²) in [5, 5.41) is 5.03. The second-order valence-corrected chi connectivity index (χ2v) is 5.44. The van der Waals surface area contributed by atoms with Crippen LogP contribution in [0.1, 0.15) is 39.0 Å². The number of amides is 2. The highest BCUT2D eigenvalue weighted by Gasteiger charge is 2.13. The highest BCUT2D eigenvalue weighted by atomic mass is 19.1. The van der Waals surface area contributed by atoms with Crippen LogP contribution >= 0.6 is 0 Å². The summed E-state index contributed by atoms with van der Waals surface area (Å²) >= 11 is 0. The minimum Gasteiger partial charge on any atom is -0.347 e. The lowest BCUT2D eigenvalue weighted by Crippen LogP contribution is -2.30. The number of halogens is 1. The first-order valence-corrected chi connectivity index (χ1v) is 7.49. The van der Waals surface area contributed by atoms with E-state index in [1.54, 1.807) is 19.1 Å². The van der Waals surface area contributed by atoms with Crippen molar-refractivity contribution in [3.8, 4) is 0 Å². The van der Waals surface area contributed by atoms with Gasteiger partial charge >= 0.3 is 0 Å².